The van der Waals surface area contributed by atoms with Crippen molar-refractivity contribution in [3.05, 3.63) is 0 Å². The lowest BCUT2D eigenvalue weighted by Gasteiger charge is -2.46. The molecule has 1 aliphatic heterocycles. The van der Waals surface area contributed by atoms with Crippen molar-refractivity contribution in [2.75, 3.05) is 6.54 Å². The van der Waals surface area contributed by atoms with Crippen molar-refractivity contribution in [2.24, 2.45) is 0 Å². The van der Waals surface area contributed by atoms with Crippen LogP contribution in [-0.4, -0.2) is 43.7 Å². The van der Waals surface area contributed by atoms with E-state index in [1.54, 1.807) is 4.90 Å². The van der Waals surface area contributed by atoms with Gasteiger partial charge < -0.3 is 14.7 Å². The van der Waals surface area contributed by atoms with Crippen molar-refractivity contribution < 1.29 is 14.6 Å². The number of piperidine rings is 1. The Morgan fingerprint density at radius 2 is 1.95 bits per heavy atom. The van der Waals surface area contributed by atoms with Gasteiger partial charge in [-0.15, -0.1) is 0 Å². The van der Waals surface area contributed by atoms with Crippen LogP contribution in [0.1, 0.15) is 59.8 Å². The Balaban J connectivity index is 2.88. The molecule has 0 saturated carbocycles. The van der Waals surface area contributed by atoms with Crippen molar-refractivity contribution >= 4 is 40.9 Å². The highest BCUT2D eigenvalue weighted by atomic mass is 35.6. The minimum absolute atomic E-state index is 0.191. The molecule has 130 valence electrons. The summed E-state index contributed by atoms with van der Waals surface area (Å²) < 4.78 is 3.68. The number of rotatable bonds is 3. The standard InChI is InChI=1S/C15H26Cl3NO3/c1-5-6-7-11-10-14(21,15(16,17)18)8-9-19(11)12(20)22-13(2,3)4/h11,21H,5-10H2,1-4H3/t11-,14-/m0/s1. The van der Waals surface area contributed by atoms with E-state index in [-0.39, 0.29) is 25.0 Å². The van der Waals surface area contributed by atoms with Crippen molar-refractivity contribution in [2.45, 2.75) is 80.8 Å². The summed E-state index contributed by atoms with van der Waals surface area (Å²) in [6, 6.07) is -0.191. The first kappa shape index (κ1) is 20.1. The van der Waals surface area contributed by atoms with E-state index in [4.69, 9.17) is 39.5 Å². The van der Waals surface area contributed by atoms with Gasteiger partial charge in [-0.05, 0) is 33.6 Å². The number of carbonyl (C=O) groups excluding carboxylic acids is 1. The lowest BCUT2D eigenvalue weighted by Crippen LogP contribution is -2.58. The summed E-state index contributed by atoms with van der Waals surface area (Å²) in [5, 5.41) is 10.6. The van der Waals surface area contributed by atoms with Gasteiger partial charge in [0.2, 0.25) is 3.79 Å². The van der Waals surface area contributed by atoms with E-state index < -0.39 is 15.0 Å². The van der Waals surface area contributed by atoms with Gasteiger partial charge in [-0.25, -0.2) is 4.79 Å². The monoisotopic (exact) mass is 373 g/mol. The maximum Gasteiger partial charge on any atom is 0.410 e. The van der Waals surface area contributed by atoms with Gasteiger partial charge in [-0.3, -0.25) is 0 Å². The van der Waals surface area contributed by atoms with Crippen LogP contribution in [0.5, 0.6) is 0 Å². The first-order chi connectivity index (χ1) is 9.89. The molecule has 22 heavy (non-hydrogen) atoms. The van der Waals surface area contributed by atoms with Crippen molar-refractivity contribution in [1.82, 2.24) is 4.90 Å². The maximum absolute atomic E-state index is 12.4. The van der Waals surface area contributed by atoms with E-state index in [0.29, 0.717) is 6.54 Å². The van der Waals surface area contributed by atoms with E-state index in [0.717, 1.165) is 19.3 Å². The molecule has 0 aliphatic carbocycles. The second-order valence-corrected chi connectivity index (χ2v) is 9.23. The number of hydrogen-bond donors (Lipinski definition) is 1. The Labute approximate surface area is 148 Å². The van der Waals surface area contributed by atoms with Gasteiger partial charge in [0, 0.05) is 19.0 Å². The minimum atomic E-state index is -1.77. The number of amides is 1. The molecule has 1 N–H and O–H groups in total. The van der Waals surface area contributed by atoms with E-state index in [1.165, 1.54) is 0 Å². The lowest BCUT2D eigenvalue weighted by molar-refractivity contribution is -0.0539. The molecule has 0 radical (unpaired) electrons. The second-order valence-electron chi connectivity index (χ2n) is 6.95. The zero-order chi connectivity index (χ0) is 17.2. The predicted molar refractivity (Wildman–Crippen MR) is 90.7 cm³/mol. The van der Waals surface area contributed by atoms with Gasteiger partial charge in [-0.1, -0.05) is 54.6 Å². The molecule has 0 aromatic carbocycles. The number of hydrogen-bond acceptors (Lipinski definition) is 3. The average molecular weight is 375 g/mol. The number of carbonyl (C=O) groups is 1. The molecule has 7 heteroatoms. The van der Waals surface area contributed by atoms with Gasteiger partial charge in [0.25, 0.3) is 0 Å². The van der Waals surface area contributed by atoms with E-state index >= 15 is 0 Å². The molecule has 2 atom stereocenters. The summed E-state index contributed by atoms with van der Waals surface area (Å²) in [7, 11) is 0. The van der Waals surface area contributed by atoms with Gasteiger partial charge in [0.1, 0.15) is 11.2 Å². The molecule has 0 spiro atoms. The highest BCUT2D eigenvalue weighted by molar-refractivity contribution is 6.68. The highest BCUT2D eigenvalue weighted by Crippen LogP contribution is 2.46. The smallest absolute Gasteiger partial charge is 0.410 e. The van der Waals surface area contributed by atoms with Crippen LogP contribution in [0.4, 0.5) is 4.79 Å². The minimum Gasteiger partial charge on any atom is -0.444 e. The summed E-state index contributed by atoms with van der Waals surface area (Å²) in [6.45, 7) is 7.87. The largest absolute Gasteiger partial charge is 0.444 e. The molecule has 0 unspecified atom stereocenters. The number of nitrogens with zero attached hydrogens (tertiary/aromatic N) is 1. The molecular formula is C15H26Cl3NO3. The fourth-order valence-electron chi connectivity index (χ4n) is 2.61. The summed E-state index contributed by atoms with van der Waals surface area (Å²) in [5.74, 6) is 0. The molecule has 4 nitrogen and oxygen atoms in total. The zero-order valence-corrected chi connectivity index (χ0v) is 15.9. The number of unbranched alkanes of at least 4 members (excludes halogenated alkanes) is 1. The van der Waals surface area contributed by atoms with E-state index in [1.807, 2.05) is 20.8 Å². The predicted octanol–water partition coefficient (Wildman–Crippen LogP) is 4.68. The SMILES string of the molecule is CCCC[C@H]1C[C@](O)(C(Cl)(Cl)Cl)CCN1C(=O)OC(C)(C)C. The van der Waals surface area contributed by atoms with Gasteiger partial charge in [-0.2, -0.15) is 0 Å². The zero-order valence-electron chi connectivity index (χ0n) is 13.7. The van der Waals surface area contributed by atoms with Crippen molar-refractivity contribution in [3.63, 3.8) is 0 Å². The summed E-state index contributed by atoms with van der Waals surface area (Å²) in [4.78, 5) is 14.0. The normalized spacial score (nSPS) is 26.9. The van der Waals surface area contributed by atoms with Gasteiger partial charge in [0.15, 0.2) is 0 Å². The number of alkyl halides is 3. The third-order valence-electron chi connectivity index (χ3n) is 3.83. The van der Waals surface area contributed by atoms with Crippen LogP contribution < -0.4 is 0 Å². The maximum atomic E-state index is 12.4. The summed E-state index contributed by atoms with van der Waals surface area (Å²) in [6.07, 6.45) is 2.75. The Morgan fingerprint density at radius 3 is 2.41 bits per heavy atom. The number of ether oxygens (including phenoxy) is 1. The van der Waals surface area contributed by atoms with E-state index in [2.05, 4.69) is 6.92 Å². The Hall–Kier alpha value is 0.1000. The number of likely N-dealkylation sites (tertiary alicyclic amines) is 1. The highest BCUT2D eigenvalue weighted by Gasteiger charge is 2.52. The van der Waals surface area contributed by atoms with Gasteiger partial charge >= 0.3 is 6.09 Å². The Morgan fingerprint density at radius 1 is 1.36 bits per heavy atom. The van der Waals surface area contributed by atoms with Crippen LogP contribution in [0.25, 0.3) is 0 Å². The first-order valence-corrected chi connectivity index (χ1v) is 8.82. The molecule has 0 bridgehead atoms. The third-order valence-corrected chi connectivity index (χ3v) is 4.88. The summed E-state index contributed by atoms with van der Waals surface area (Å²) in [5.41, 5.74) is -1.98. The number of halogens is 3. The van der Waals surface area contributed by atoms with Gasteiger partial charge in [0.05, 0.1) is 0 Å². The molecule has 1 aliphatic rings. The first-order valence-electron chi connectivity index (χ1n) is 7.68. The van der Waals surface area contributed by atoms with Crippen LogP contribution in [0, 0.1) is 0 Å². The molecule has 1 amide bonds. The Bertz CT molecular complexity index is 392. The topological polar surface area (TPSA) is 49.8 Å². The van der Waals surface area contributed by atoms with Crippen LogP contribution in [-0.2, 0) is 4.74 Å². The summed E-state index contributed by atoms with van der Waals surface area (Å²) >= 11 is 17.8. The third kappa shape index (κ3) is 5.33. The molecule has 1 fully saturated rings. The number of aliphatic hydroxyl groups is 1. The van der Waals surface area contributed by atoms with Crippen LogP contribution in [0.15, 0.2) is 0 Å². The van der Waals surface area contributed by atoms with Crippen LogP contribution in [0.2, 0.25) is 0 Å². The molecule has 1 heterocycles. The van der Waals surface area contributed by atoms with Crippen molar-refractivity contribution in [1.29, 1.82) is 0 Å². The molecule has 1 rings (SSSR count). The Kier molecular flexibility index (Phi) is 6.71. The quantitative estimate of drug-likeness (QED) is 0.730. The van der Waals surface area contributed by atoms with Crippen LogP contribution >= 0.6 is 34.8 Å². The molecule has 0 aromatic heterocycles. The fourth-order valence-corrected chi connectivity index (χ4v) is 3.12. The van der Waals surface area contributed by atoms with E-state index in [9.17, 15) is 9.90 Å². The van der Waals surface area contributed by atoms with Crippen LogP contribution in [0.3, 0.4) is 0 Å². The second kappa shape index (κ2) is 7.33. The lowest BCUT2D eigenvalue weighted by atomic mass is 9.85. The van der Waals surface area contributed by atoms with Crippen molar-refractivity contribution in [3.8, 4) is 0 Å². The fraction of sp³-hybridized carbons (Fsp3) is 0.933. The molecule has 1 saturated heterocycles. The average Bonchev–Trinajstić information content (AvgIpc) is 2.32. The molecular weight excluding hydrogens is 349 g/mol. The molecule has 0 aromatic rings.